The minimum absolute atomic E-state index is 0. The van der Waals surface area contributed by atoms with Crippen LogP contribution in [0.15, 0.2) is 53.8 Å². The van der Waals surface area contributed by atoms with Crippen LogP contribution in [-0.4, -0.2) is 46.2 Å². The highest BCUT2D eigenvalue weighted by atomic mass is 127. The Hall–Kier alpha value is -2.33. The van der Waals surface area contributed by atoms with Crippen molar-refractivity contribution in [1.82, 2.24) is 20.0 Å². The molecular weight excluding hydrogens is 517 g/mol. The fraction of sp³-hybridized carbons (Fsp3) is 0.417. The van der Waals surface area contributed by atoms with Crippen LogP contribution in [0.1, 0.15) is 43.7 Å². The number of halogens is 1. The molecule has 0 fully saturated rings. The molecule has 0 spiro atoms. The molecule has 3 N–H and O–H groups in total. The van der Waals surface area contributed by atoms with Gasteiger partial charge in [0.25, 0.3) is 0 Å². The zero-order chi connectivity index (χ0) is 22.2. The highest BCUT2D eigenvalue weighted by Crippen LogP contribution is 2.19. The molecule has 3 aromatic rings. The van der Waals surface area contributed by atoms with Gasteiger partial charge in [0.1, 0.15) is 11.4 Å². The molecule has 0 aliphatic carbocycles. The predicted molar refractivity (Wildman–Crippen MR) is 140 cm³/mol. The third-order valence-corrected chi connectivity index (χ3v) is 4.80. The number of hydrogen-bond donors (Lipinski definition) is 3. The molecule has 32 heavy (non-hydrogen) atoms. The fourth-order valence-electron chi connectivity index (χ4n) is 3.30. The average molecular weight is 551 g/mol. The summed E-state index contributed by atoms with van der Waals surface area (Å²) >= 11 is 0. The predicted octanol–water partition coefficient (Wildman–Crippen LogP) is 3.88. The van der Waals surface area contributed by atoms with Gasteiger partial charge in [-0.15, -0.1) is 24.0 Å². The summed E-state index contributed by atoms with van der Waals surface area (Å²) in [5.41, 5.74) is 4.00. The Labute approximate surface area is 207 Å². The number of hydrogen-bond acceptors (Lipinski definition) is 4. The van der Waals surface area contributed by atoms with Gasteiger partial charge in [-0.3, -0.25) is 4.99 Å². The summed E-state index contributed by atoms with van der Waals surface area (Å²) in [6.07, 6.45) is 4.31. The van der Waals surface area contributed by atoms with Crippen LogP contribution < -0.4 is 15.4 Å². The van der Waals surface area contributed by atoms with Crippen molar-refractivity contribution in [3.8, 4) is 5.75 Å². The first-order valence-electron chi connectivity index (χ1n) is 10.9. The van der Waals surface area contributed by atoms with E-state index in [0.29, 0.717) is 12.5 Å². The van der Waals surface area contributed by atoms with E-state index in [4.69, 9.17) is 9.72 Å². The summed E-state index contributed by atoms with van der Waals surface area (Å²) in [7, 11) is 0. The maximum absolute atomic E-state index is 10.5. The molecule has 7 nitrogen and oxygen atoms in total. The van der Waals surface area contributed by atoms with Gasteiger partial charge in [0, 0.05) is 31.9 Å². The van der Waals surface area contributed by atoms with Gasteiger partial charge in [0.05, 0.1) is 24.4 Å². The van der Waals surface area contributed by atoms with Crippen molar-refractivity contribution < 1.29 is 9.84 Å². The summed E-state index contributed by atoms with van der Waals surface area (Å²) in [4.78, 5) is 9.24. The summed E-state index contributed by atoms with van der Waals surface area (Å²) < 4.78 is 7.70. The number of benzene rings is 1. The number of aliphatic hydroxyl groups excluding tert-OH is 1. The Morgan fingerprint density at radius 1 is 1.19 bits per heavy atom. The normalized spacial score (nSPS) is 12.5. The van der Waals surface area contributed by atoms with E-state index in [0.717, 1.165) is 41.2 Å². The number of nitrogens with zero attached hydrogens (tertiary/aromatic N) is 3. The molecule has 0 saturated carbocycles. The smallest absolute Gasteiger partial charge is 0.191 e. The van der Waals surface area contributed by atoms with Crippen LogP contribution >= 0.6 is 24.0 Å². The van der Waals surface area contributed by atoms with Crippen molar-refractivity contribution in [1.29, 1.82) is 0 Å². The summed E-state index contributed by atoms with van der Waals surface area (Å²) in [6.45, 7) is 9.78. The van der Waals surface area contributed by atoms with Crippen LogP contribution in [0.4, 0.5) is 0 Å². The molecule has 0 aliphatic rings. The Balaban J connectivity index is 0.00000363. The minimum atomic E-state index is -0.676. The number of aliphatic imine (C=N–C) groups is 1. The second-order valence-corrected chi connectivity index (χ2v) is 7.80. The first kappa shape index (κ1) is 25.9. The summed E-state index contributed by atoms with van der Waals surface area (Å²) in [6, 6.07) is 11.6. The summed E-state index contributed by atoms with van der Waals surface area (Å²) in [5.74, 6) is 1.48. The quantitative estimate of drug-likeness (QED) is 0.214. The number of rotatable bonds is 9. The van der Waals surface area contributed by atoms with E-state index >= 15 is 0 Å². The third kappa shape index (κ3) is 7.37. The van der Waals surface area contributed by atoms with E-state index in [1.165, 1.54) is 0 Å². The SMILES string of the molecule is CCNC(=NCC(O)c1ccc(OC(C)C)cc1)NCCc1cn2cccc(C)c2n1.I. The number of aliphatic hydroxyl groups is 1. The van der Waals surface area contributed by atoms with Crippen LogP contribution in [0.25, 0.3) is 5.65 Å². The van der Waals surface area contributed by atoms with Crippen LogP contribution in [0.5, 0.6) is 5.75 Å². The zero-order valence-corrected chi connectivity index (χ0v) is 21.5. The standard InChI is InChI=1S/C24H33N5O2.HI/c1-5-25-24(26-13-12-20-16-29-14-6-7-18(4)23(29)28-20)27-15-22(30)19-8-10-21(11-9-19)31-17(2)3;/h6-11,14,16-17,22,30H,5,12-13,15H2,1-4H3,(H2,25,26,27);1H. The van der Waals surface area contributed by atoms with Gasteiger partial charge in [0.15, 0.2) is 5.96 Å². The van der Waals surface area contributed by atoms with Gasteiger partial charge in [-0.1, -0.05) is 18.2 Å². The van der Waals surface area contributed by atoms with Crippen molar-refractivity contribution >= 4 is 35.6 Å². The number of imidazole rings is 1. The molecule has 3 rings (SSSR count). The van der Waals surface area contributed by atoms with Crippen molar-refractivity contribution in [3.63, 3.8) is 0 Å². The van der Waals surface area contributed by atoms with Gasteiger partial charge in [-0.25, -0.2) is 4.98 Å². The van der Waals surface area contributed by atoms with E-state index < -0.39 is 6.10 Å². The highest BCUT2D eigenvalue weighted by Gasteiger charge is 2.09. The lowest BCUT2D eigenvalue weighted by atomic mass is 10.1. The van der Waals surface area contributed by atoms with Gasteiger partial charge in [-0.2, -0.15) is 0 Å². The topological polar surface area (TPSA) is 83.2 Å². The lowest BCUT2D eigenvalue weighted by molar-refractivity contribution is 0.186. The van der Waals surface area contributed by atoms with Crippen molar-refractivity contribution in [2.45, 2.75) is 46.3 Å². The first-order valence-corrected chi connectivity index (χ1v) is 10.9. The van der Waals surface area contributed by atoms with Crippen LogP contribution in [0.3, 0.4) is 0 Å². The van der Waals surface area contributed by atoms with Crippen LogP contribution in [0.2, 0.25) is 0 Å². The Bertz CT molecular complexity index is 1000. The molecule has 1 aromatic carbocycles. The van der Waals surface area contributed by atoms with Gasteiger partial charge >= 0.3 is 0 Å². The largest absolute Gasteiger partial charge is 0.491 e. The number of aromatic nitrogens is 2. The third-order valence-electron chi connectivity index (χ3n) is 4.80. The molecule has 8 heteroatoms. The number of nitrogens with one attached hydrogen (secondary N) is 2. The summed E-state index contributed by atoms with van der Waals surface area (Å²) in [5, 5.41) is 17.1. The number of fused-ring (bicyclic) bond motifs is 1. The molecular formula is C24H34IN5O2. The molecule has 0 radical (unpaired) electrons. The molecule has 0 saturated heterocycles. The number of guanidine groups is 1. The maximum atomic E-state index is 10.5. The zero-order valence-electron chi connectivity index (χ0n) is 19.2. The van der Waals surface area contributed by atoms with E-state index in [2.05, 4.69) is 39.2 Å². The minimum Gasteiger partial charge on any atom is -0.491 e. The van der Waals surface area contributed by atoms with Crippen molar-refractivity contribution in [2.24, 2.45) is 4.99 Å². The Morgan fingerprint density at radius 2 is 1.94 bits per heavy atom. The molecule has 2 heterocycles. The fourth-order valence-corrected chi connectivity index (χ4v) is 3.30. The van der Waals surface area contributed by atoms with Crippen LogP contribution in [-0.2, 0) is 6.42 Å². The number of ether oxygens (including phenoxy) is 1. The monoisotopic (exact) mass is 551 g/mol. The van der Waals surface area contributed by atoms with E-state index in [1.54, 1.807) is 0 Å². The molecule has 2 aromatic heterocycles. The Morgan fingerprint density at radius 3 is 2.59 bits per heavy atom. The van der Waals surface area contributed by atoms with E-state index in [1.807, 2.05) is 57.3 Å². The van der Waals surface area contributed by atoms with Crippen molar-refractivity contribution in [3.05, 3.63) is 65.6 Å². The molecule has 0 amide bonds. The second kappa shape index (κ2) is 12.6. The lowest BCUT2D eigenvalue weighted by Gasteiger charge is -2.14. The average Bonchev–Trinajstić information content (AvgIpc) is 3.16. The molecule has 1 atom stereocenters. The molecule has 1 unspecified atom stereocenters. The van der Waals surface area contributed by atoms with Gasteiger partial charge in [-0.05, 0) is 57.0 Å². The molecule has 174 valence electrons. The van der Waals surface area contributed by atoms with Crippen LogP contribution in [0, 0.1) is 6.92 Å². The Kier molecular flexibility index (Phi) is 10.2. The van der Waals surface area contributed by atoms with Gasteiger partial charge < -0.3 is 24.9 Å². The molecule has 0 aliphatic heterocycles. The van der Waals surface area contributed by atoms with E-state index in [-0.39, 0.29) is 36.6 Å². The van der Waals surface area contributed by atoms with Crippen molar-refractivity contribution in [2.75, 3.05) is 19.6 Å². The second-order valence-electron chi connectivity index (χ2n) is 7.80. The lowest BCUT2D eigenvalue weighted by Crippen LogP contribution is -2.38. The highest BCUT2D eigenvalue weighted by molar-refractivity contribution is 14.0. The molecule has 0 bridgehead atoms. The maximum Gasteiger partial charge on any atom is 0.191 e. The number of pyridine rings is 1. The van der Waals surface area contributed by atoms with E-state index in [9.17, 15) is 5.11 Å². The number of aryl methyl sites for hydroxylation is 1. The first-order chi connectivity index (χ1) is 15.0. The van der Waals surface area contributed by atoms with Gasteiger partial charge in [0.2, 0.25) is 0 Å².